The van der Waals surface area contributed by atoms with Gasteiger partial charge in [0.25, 0.3) is 5.56 Å². The van der Waals surface area contributed by atoms with Gasteiger partial charge in [0.2, 0.25) is 0 Å². The minimum absolute atomic E-state index is 0.476. The van der Waals surface area contributed by atoms with Gasteiger partial charge in [-0.1, -0.05) is 5.11 Å². The summed E-state index contributed by atoms with van der Waals surface area (Å²) in [6.07, 6.45) is -3.10. The summed E-state index contributed by atoms with van der Waals surface area (Å²) in [5.41, 5.74) is 5.27. The van der Waals surface area contributed by atoms with E-state index in [-0.39, 0.29) is 0 Å². The maximum absolute atomic E-state index is 12.3. The van der Waals surface area contributed by atoms with Crippen LogP contribution in [0, 0.1) is 0 Å². The number of H-pyrrole nitrogens is 1. The number of esters is 3. The molecule has 0 unspecified atom stereocenters. The molecule has 14 heteroatoms. The monoisotopic (exact) mass is 425 g/mol. The van der Waals surface area contributed by atoms with E-state index in [1.165, 1.54) is 0 Å². The smallest absolute Gasteiger partial charge is 0.330 e. The number of ether oxygens (including phenoxy) is 4. The summed E-state index contributed by atoms with van der Waals surface area (Å²) in [5, 5.41) is 3.42. The van der Waals surface area contributed by atoms with Gasteiger partial charge in [0.05, 0.1) is 6.54 Å². The first-order valence-electron chi connectivity index (χ1n) is 8.58. The van der Waals surface area contributed by atoms with E-state index in [9.17, 15) is 24.0 Å². The number of hydrogen-bond acceptors (Lipinski definition) is 10. The van der Waals surface area contributed by atoms with Gasteiger partial charge in [-0.2, -0.15) is 0 Å². The molecule has 0 aliphatic carbocycles. The minimum atomic E-state index is -1.93. The average molecular weight is 425 g/mol. The highest BCUT2D eigenvalue weighted by atomic mass is 16.7. The fraction of sp³-hybridized carbons (Fsp3) is 0.562. The number of aromatic amines is 1. The SMILES string of the molecule is CC(=O)OC[C@H]1O[C@@H](n2ccc(=O)[nH]c2=O)[C@H](OC(C)=O)[C@@]1(CN=[N+]=[N-])OC(C)=O. The van der Waals surface area contributed by atoms with Crippen LogP contribution < -0.4 is 11.2 Å². The third kappa shape index (κ3) is 4.85. The summed E-state index contributed by atoms with van der Waals surface area (Å²) in [6.45, 7) is 2.21. The standard InChI is InChI=1S/C16H19N5O9/c1-8(22)27-6-11-16(7-18-20-17,30-10(3)24)13(28-9(2)23)14(29-11)21-5-4-12(25)19-15(21)26/h4-5,11,13-14H,6-7H2,1-3H3,(H,19,25,26)/t11-,13+,14-,16+/m1/s1. The summed E-state index contributed by atoms with van der Waals surface area (Å²) in [4.78, 5) is 63.3. The molecule has 2 rings (SSSR count). The zero-order valence-electron chi connectivity index (χ0n) is 16.3. The lowest BCUT2D eigenvalue weighted by Gasteiger charge is -2.35. The van der Waals surface area contributed by atoms with E-state index in [1.54, 1.807) is 0 Å². The maximum atomic E-state index is 12.3. The second-order valence-corrected chi connectivity index (χ2v) is 6.30. The van der Waals surface area contributed by atoms with Crippen LogP contribution in [0.2, 0.25) is 0 Å². The van der Waals surface area contributed by atoms with Crippen LogP contribution in [0.15, 0.2) is 27.0 Å². The molecular formula is C16H19N5O9. The molecule has 0 amide bonds. The Morgan fingerprint density at radius 3 is 2.50 bits per heavy atom. The van der Waals surface area contributed by atoms with Crippen molar-refractivity contribution in [2.45, 2.75) is 44.8 Å². The van der Waals surface area contributed by atoms with Gasteiger partial charge in [0.1, 0.15) is 12.7 Å². The summed E-state index contributed by atoms with van der Waals surface area (Å²) >= 11 is 0. The Labute approximate surface area is 168 Å². The summed E-state index contributed by atoms with van der Waals surface area (Å²) in [7, 11) is 0. The molecule has 0 radical (unpaired) electrons. The van der Waals surface area contributed by atoms with Crippen LogP contribution in [0.4, 0.5) is 0 Å². The predicted octanol–water partition coefficient (Wildman–Crippen LogP) is -0.459. The first kappa shape index (κ1) is 22.6. The molecule has 0 saturated carbocycles. The fourth-order valence-electron chi connectivity index (χ4n) is 3.09. The van der Waals surface area contributed by atoms with Crippen molar-refractivity contribution < 1.29 is 33.3 Å². The molecular weight excluding hydrogens is 406 g/mol. The van der Waals surface area contributed by atoms with Crippen LogP contribution in [-0.2, 0) is 33.3 Å². The lowest BCUT2D eigenvalue weighted by atomic mass is 9.91. The molecule has 1 aliphatic heterocycles. The molecule has 30 heavy (non-hydrogen) atoms. The minimum Gasteiger partial charge on any atom is -0.463 e. The number of carbonyl (C=O) groups is 3. The molecule has 1 aliphatic rings. The topological polar surface area (TPSA) is 192 Å². The molecule has 4 atom stereocenters. The van der Waals surface area contributed by atoms with Crippen LogP contribution in [0.5, 0.6) is 0 Å². The summed E-state index contributed by atoms with van der Waals surface area (Å²) in [5.74, 6) is -2.35. The van der Waals surface area contributed by atoms with Crippen molar-refractivity contribution in [1.29, 1.82) is 0 Å². The number of azide groups is 1. The highest BCUT2D eigenvalue weighted by molar-refractivity contribution is 5.68. The number of nitrogens with one attached hydrogen (secondary N) is 1. The Morgan fingerprint density at radius 1 is 1.27 bits per heavy atom. The second kappa shape index (κ2) is 9.24. The van der Waals surface area contributed by atoms with E-state index in [4.69, 9.17) is 24.5 Å². The second-order valence-electron chi connectivity index (χ2n) is 6.30. The van der Waals surface area contributed by atoms with E-state index in [2.05, 4.69) is 10.0 Å². The summed E-state index contributed by atoms with van der Waals surface area (Å²) in [6, 6.07) is 1.02. The molecule has 1 aromatic heterocycles. The number of nitrogens with zero attached hydrogens (tertiary/aromatic N) is 4. The molecule has 162 valence electrons. The fourth-order valence-corrected chi connectivity index (χ4v) is 3.09. The molecule has 2 heterocycles. The van der Waals surface area contributed by atoms with E-state index >= 15 is 0 Å². The zero-order valence-corrected chi connectivity index (χ0v) is 16.3. The van der Waals surface area contributed by atoms with Crippen molar-refractivity contribution in [3.8, 4) is 0 Å². The van der Waals surface area contributed by atoms with Gasteiger partial charge < -0.3 is 18.9 Å². The lowest BCUT2D eigenvalue weighted by Crippen LogP contribution is -2.56. The third-order valence-corrected chi connectivity index (χ3v) is 4.16. The molecule has 1 fully saturated rings. The number of aromatic nitrogens is 2. The number of hydrogen-bond donors (Lipinski definition) is 1. The van der Waals surface area contributed by atoms with Crippen LogP contribution in [0.25, 0.3) is 10.4 Å². The summed E-state index contributed by atoms with van der Waals surface area (Å²) < 4.78 is 22.3. The van der Waals surface area contributed by atoms with Crippen molar-refractivity contribution >= 4 is 17.9 Å². The first-order chi connectivity index (χ1) is 14.1. The molecule has 1 saturated heterocycles. The van der Waals surface area contributed by atoms with Crippen LogP contribution in [0.1, 0.15) is 27.0 Å². The van der Waals surface area contributed by atoms with Crippen molar-refractivity contribution in [3.63, 3.8) is 0 Å². The van der Waals surface area contributed by atoms with Gasteiger partial charge >= 0.3 is 23.6 Å². The lowest BCUT2D eigenvalue weighted by molar-refractivity contribution is -0.185. The van der Waals surface area contributed by atoms with E-state index in [0.29, 0.717) is 0 Å². The maximum Gasteiger partial charge on any atom is 0.330 e. The highest BCUT2D eigenvalue weighted by Crippen LogP contribution is 2.42. The van der Waals surface area contributed by atoms with E-state index in [0.717, 1.165) is 37.6 Å². The Morgan fingerprint density at radius 2 is 1.97 bits per heavy atom. The quantitative estimate of drug-likeness (QED) is 0.198. The van der Waals surface area contributed by atoms with Crippen molar-refractivity contribution in [2.75, 3.05) is 13.2 Å². The predicted molar refractivity (Wildman–Crippen MR) is 95.9 cm³/mol. The molecule has 0 spiro atoms. The van der Waals surface area contributed by atoms with E-state index < -0.39 is 66.3 Å². The Bertz CT molecular complexity index is 989. The number of carbonyl (C=O) groups excluding carboxylic acids is 3. The third-order valence-electron chi connectivity index (χ3n) is 4.16. The van der Waals surface area contributed by atoms with Gasteiger partial charge in [0.15, 0.2) is 17.9 Å². The van der Waals surface area contributed by atoms with Crippen molar-refractivity contribution in [3.05, 3.63) is 43.5 Å². The van der Waals surface area contributed by atoms with Gasteiger partial charge in [-0.15, -0.1) is 0 Å². The van der Waals surface area contributed by atoms with Gasteiger partial charge in [-0.25, -0.2) is 4.79 Å². The van der Waals surface area contributed by atoms with Gasteiger partial charge in [-0.05, 0) is 5.53 Å². The van der Waals surface area contributed by atoms with Crippen molar-refractivity contribution in [1.82, 2.24) is 9.55 Å². The molecule has 0 bridgehead atoms. The molecule has 14 nitrogen and oxygen atoms in total. The highest BCUT2D eigenvalue weighted by Gasteiger charge is 2.62. The van der Waals surface area contributed by atoms with Crippen molar-refractivity contribution in [2.24, 2.45) is 5.11 Å². The molecule has 1 aromatic rings. The van der Waals surface area contributed by atoms with Crippen LogP contribution in [-0.4, -0.2) is 58.4 Å². The van der Waals surface area contributed by atoms with Gasteiger partial charge in [-0.3, -0.25) is 28.7 Å². The Kier molecular flexibility index (Phi) is 6.97. The average Bonchev–Trinajstić information content (AvgIpc) is 2.90. The van der Waals surface area contributed by atoms with Crippen LogP contribution >= 0.6 is 0 Å². The number of rotatable bonds is 7. The van der Waals surface area contributed by atoms with Crippen LogP contribution in [0.3, 0.4) is 0 Å². The molecule has 1 N–H and O–H groups in total. The van der Waals surface area contributed by atoms with Gasteiger partial charge in [0, 0.05) is 37.9 Å². The largest absolute Gasteiger partial charge is 0.463 e. The Balaban J connectivity index is 2.67. The zero-order chi connectivity index (χ0) is 22.5. The molecule has 0 aromatic carbocycles. The van der Waals surface area contributed by atoms with E-state index in [1.807, 2.05) is 4.98 Å². The Hall–Kier alpha value is -3.64. The normalized spacial score (nSPS) is 25.1. The first-order valence-corrected chi connectivity index (χ1v) is 8.58.